The molecule has 0 heterocycles. The molecule has 0 aromatic carbocycles. The van der Waals surface area contributed by atoms with Crippen molar-refractivity contribution < 1.29 is 9.59 Å². The molecule has 1 saturated carbocycles. The molecule has 5 heteroatoms. The van der Waals surface area contributed by atoms with Crippen molar-refractivity contribution in [2.24, 2.45) is 17.3 Å². The van der Waals surface area contributed by atoms with Gasteiger partial charge < -0.3 is 10.2 Å². The third-order valence-electron chi connectivity index (χ3n) is 3.61. The maximum absolute atomic E-state index is 12.2. The molecule has 0 radical (unpaired) electrons. The Labute approximate surface area is 108 Å². The van der Waals surface area contributed by atoms with E-state index in [2.05, 4.69) is 11.4 Å². The van der Waals surface area contributed by atoms with Gasteiger partial charge in [-0.25, -0.2) is 0 Å². The van der Waals surface area contributed by atoms with Crippen LogP contribution in [0.1, 0.15) is 26.7 Å². The molecule has 1 aliphatic carbocycles. The van der Waals surface area contributed by atoms with Crippen molar-refractivity contribution >= 4 is 11.8 Å². The summed E-state index contributed by atoms with van der Waals surface area (Å²) in [5.41, 5.74) is -0.851. The third kappa shape index (κ3) is 2.63. The highest BCUT2D eigenvalue weighted by Crippen LogP contribution is 2.46. The van der Waals surface area contributed by atoms with Crippen LogP contribution in [0.2, 0.25) is 0 Å². The summed E-state index contributed by atoms with van der Waals surface area (Å²) < 4.78 is 0. The maximum atomic E-state index is 12.2. The SMILES string of the molecule is CNC(=O)C(C)CN(C)C(=O)C1(C#N)CC(C)C1. The Kier molecular flexibility index (Phi) is 4.33. The number of carbonyl (C=O) groups excluding carboxylic acids is 2. The van der Waals surface area contributed by atoms with E-state index in [1.165, 1.54) is 4.90 Å². The van der Waals surface area contributed by atoms with Crippen LogP contribution < -0.4 is 5.32 Å². The van der Waals surface area contributed by atoms with E-state index < -0.39 is 5.41 Å². The molecule has 1 rings (SSSR count). The van der Waals surface area contributed by atoms with Gasteiger partial charge in [0.2, 0.25) is 11.8 Å². The largest absolute Gasteiger partial charge is 0.359 e. The molecule has 1 N–H and O–H groups in total. The van der Waals surface area contributed by atoms with Gasteiger partial charge in [-0.05, 0) is 18.8 Å². The van der Waals surface area contributed by atoms with Gasteiger partial charge >= 0.3 is 0 Å². The molecular formula is C13H21N3O2. The fourth-order valence-corrected chi connectivity index (χ4v) is 2.63. The van der Waals surface area contributed by atoms with E-state index in [4.69, 9.17) is 0 Å². The van der Waals surface area contributed by atoms with Crippen molar-refractivity contribution in [3.8, 4) is 6.07 Å². The molecule has 1 aliphatic rings. The Morgan fingerprint density at radius 1 is 1.56 bits per heavy atom. The van der Waals surface area contributed by atoms with E-state index in [0.29, 0.717) is 25.3 Å². The monoisotopic (exact) mass is 251 g/mol. The first-order valence-electron chi connectivity index (χ1n) is 6.24. The molecule has 0 spiro atoms. The van der Waals surface area contributed by atoms with Crippen molar-refractivity contribution in [1.82, 2.24) is 10.2 Å². The average Bonchev–Trinajstić information content (AvgIpc) is 2.32. The summed E-state index contributed by atoms with van der Waals surface area (Å²) in [5.74, 6) is -0.0861. The predicted octanol–water partition coefficient (Wildman–Crippen LogP) is 0.767. The molecule has 1 fully saturated rings. The average molecular weight is 251 g/mol. The second-order valence-electron chi connectivity index (χ2n) is 5.41. The molecule has 1 unspecified atom stereocenters. The Morgan fingerprint density at radius 3 is 2.50 bits per heavy atom. The number of nitriles is 1. The van der Waals surface area contributed by atoms with Gasteiger partial charge in [0.05, 0.1) is 12.0 Å². The first kappa shape index (κ1) is 14.5. The standard InChI is InChI=1S/C13H21N3O2/c1-9-5-13(6-9,8-14)12(18)16(4)7-10(2)11(17)15-3/h9-10H,5-7H2,1-4H3,(H,15,17). The van der Waals surface area contributed by atoms with Crippen molar-refractivity contribution in [2.75, 3.05) is 20.6 Å². The van der Waals surface area contributed by atoms with Gasteiger partial charge in [-0.15, -0.1) is 0 Å². The van der Waals surface area contributed by atoms with E-state index in [0.717, 1.165) is 0 Å². The molecule has 0 bridgehead atoms. The summed E-state index contributed by atoms with van der Waals surface area (Å²) in [7, 11) is 3.23. The van der Waals surface area contributed by atoms with Crippen molar-refractivity contribution in [2.45, 2.75) is 26.7 Å². The third-order valence-corrected chi connectivity index (χ3v) is 3.61. The number of carbonyl (C=O) groups is 2. The molecule has 0 aromatic rings. The zero-order valence-corrected chi connectivity index (χ0v) is 11.5. The van der Waals surface area contributed by atoms with Crippen LogP contribution in [-0.4, -0.2) is 37.4 Å². The van der Waals surface area contributed by atoms with Gasteiger partial charge in [0.1, 0.15) is 5.41 Å². The molecule has 5 nitrogen and oxygen atoms in total. The van der Waals surface area contributed by atoms with Crippen LogP contribution in [0.15, 0.2) is 0 Å². The van der Waals surface area contributed by atoms with Gasteiger partial charge in [-0.3, -0.25) is 9.59 Å². The highest BCUT2D eigenvalue weighted by Gasteiger charge is 2.50. The van der Waals surface area contributed by atoms with E-state index in [1.54, 1.807) is 21.0 Å². The summed E-state index contributed by atoms with van der Waals surface area (Å²) >= 11 is 0. The van der Waals surface area contributed by atoms with Crippen LogP contribution in [0.4, 0.5) is 0 Å². The lowest BCUT2D eigenvalue weighted by Crippen LogP contribution is -2.50. The zero-order valence-electron chi connectivity index (χ0n) is 11.5. The molecule has 100 valence electrons. The fraction of sp³-hybridized carbons (Fsp3) is 0.769. The topological polar surface area (TPSA) is 73.2 Å². The summed E-state index contributed by atoms with van der Waals surface area (Å²) in [6.07, 6.45) is 1.25. The lowest BCUT2D eigenvalue weighted by molar-refractivity contribution is -0.144. The van der Waals surface area contributed by atoms with Crippen LogP contribution in [-0.2, 0) is 9.59 Å². The number of nitrogens with one attached hydrogen (secondary N) is 1. The van der Waals surface area contributed by atoms with Crippen LogP contribution >= 0.6 is 0 Å². The molecule has 1 atom stereocenters. The van der Waals surface area contributed by atoms with Gasteiger partial charge in [-0.2, -0.15) is 5.26 Å². The lowest BCUT2D eigenvalue weighted by Gasteiger charge is -2.41. The van der Waals surface area contributed by atoms with E-state index in [1.807, 2.05) is 6.92 Å². The Balaban J connectivity index is 2.62. The number of nitrogens with zero attached hydrogens (tertiary/aromatic N) is 2. The van der Waals surface area contributed by atoms with Gasteiger partial charge in [0, 0.05) is 20.6 Å². The highest BCUT2D eigenvalue weighted by atomic mass is 16.2. The summed E-state index contributed by atoms with van der Waals surface area (Å²) in [6, 6.07) is 2.15. The Hall–Kier alpha value is -1.57. The fourth-order valence-electron chi connectivity index (χ4n) is 2.63. The van der Waals surface area contributed by atoms with Crippen LogP contribution in [0.25, 0.3) is 0 Å². The lowest BCUT2D eigenvalue weighted by atomic mass is 9.63. The number of hydrogen-bond acceptors (Lipinski definition) is 3. The predicted molar refractivity (Wildman–Crippen MR) is 67.3 cm³/mol. The van der Waals surface area contributed by atoms with Crippen molar-refractivity contribution in [1.29, 1.82) is 5.26 Å². The minimum absolute atomic E-state index is 0.0948. The van der Waals surface area contributed by atoms with Crippen molar-refractivity contribution in [3.05, 3.63) is 0 Å². The van der Waals surface area contributed by atoms with Crippen LogP contribution in [0.5, 0.6) is 0 Å². The smallest absolute Gasteiger partial charge is 0.242 e. The molecule has 0 aromatic heterocycles. The summed E-state index contributed by atoms with van der Waals surface area (Å²) in [5, 5.41) is 11.7. The summed E-state index contributed by atoms with van der Waals surface area (Å²) in [4.78, 5) is 25.2. The first-order chi connectivity index (χ1) is 8.36. The molecule has 2 amide bonds. The maximum Gasteiger partial charge on any atom is 0.242 e. The number of amides is 2. The minimum Gasteiger partial charge on any atom is -0.359 e. The van der Waals surface area contributed by atoms with Gasteiger partial charge in [0.25, 0.3) is 0 Å². The Morgan fingerprint density at radius 2 is 2.11 bits per heavy atom. The number of hydrogen-bond donors (Lipinski definition) is 1. The molecule has 18 heavy (non-hydrogen) atoms. The minimum atomic E-state index is -0.851. The van der Waals surface area contributed by atoms with Gasteiger partial charge in [0.15, 0.2) is 0 Å². The van der Waals surface area contributed by atoms with E-state index in [9.17, 15) is 14.9 Å². The van der Waals surface area contributed by atoms with Crippen molar-refractivity contribution in [3.63, 3.8) is 0 Å². The molecule has 0 aliphatic heterocycles. The summed E-state index contributed by atoms with van der Waals surface area (Å²) in [6.45, 7) is 4.15. The first-order valence-corrected chi connectivity index (χ1v) is 6.24. The quantitative estimate of drug-likeness (QED) is 0.802. The van der Waals surface area contributed by atoms with E-state index >= 15 is 0 Å². The highest BCUT2D eigenvalue weighted by molar-refractivity contribution is 5.87. The van der Waals surface area contributed by atoms with Gasteiger partial charge in [-0.1, -0.05) is 13.8 Å². The molecule has 0 saturated heterocycles. The number of rotatable bonds is 4. The second kappa shape index (κ2) is 5.38. The second-order valence-corrected chi connectivity index (χ2v) is 5.41. The molecular weight excluding hydrogens is 230 g/mol. The van der Waals surface area contributed by atoms with Crippen LogP contribution in [0, 0.1) is 28.6 Å². The van der Waals surface area contributed by atoms with Crippen LogP contribution in [0.3, 0.4) is 0 Å². The Bertz CT molecular complexity index is 380. The zero-order chi connectivity index (χ0) is 13.9. The normalized spacial score (nSPS) is 27.6. The van der Waals surface area contributed by atoms with E-state index in [-0.39, 0.29) is 17.7 Å².